The highest BCUT2D eigenvalue weighted by atomic mass is 16.1. The van der Waals surface area contributed by atoms with E-state index in [1.807, 2.05) is 32.1 Å². The minimum absolute atomic E-state index is 0.0319. The molecule has 0 radical (unpaired) electrons. The van der Waals surface area contributed by atoms with Gasteiger partial charge in [0.2, 0.25) is 5.78 Å². The van der Waals surface area contributed by atoms with Crippen LogP contribution in [0.15, 0.2) is 47.8 Å². The summed E-state index contributed by atoms with van der Waals surface area (Å²) >= 11 is 0. The van der Waals surface area contributed by atoms with E-state index in [0.717, 1.165) is 34.8 Å². The molecule has 0 amide bonds. The number of hydrogen-bond acceptors (Lipinski definition) is 3. The number of nitrogens with one attached hydrogen (secondary N) is 3. The molecule has 1 atom stereocenters. The second-order valence-electron chi connectivity index (χ2n) is 6.25. The molecule has 1 aromatic carbocycles. The number of allylic oxidation sites excluding steroid dienone is 1. The molecule has 0 aliphatic carbocycles. The maximum Gasteiger partial charge on any atom is 0.203 e. The molecule has 0 spiro atoms. The summed E-state index contributed by atoms with van der Waals surface area (Å²) in [6.45, 7) is 4.06. The number of benzene rings is 1. The van der Waals surface area contributed by atoms with Gasteiger partial charge in [0.15, 0.2) is 0 Å². The third-order valence-corrected chi connectivity index (χ3v) is 4.46. The molecule has 3 N–H and O–H groups in total. The molecule has 2 aromatic rings. The molecule has 4 heteroatoms. The second kappa shape index (κ2) is 5.16. The monoisotopic (exact) mass is 305 g/mol. The van der Waals surface area contributed by atoms with Crippen LogP contribution in [0.2, 0.25) is 0 Å². The van der Waals surface area contributed by atoms with E-state index >= 15 is 0 Å². The first-order valence-corrected chi connectivity index (χ1v) is 7.85. The number of aromatic amines is 1. The zero-order valence-electron chi connectivity index (χ0n) is 13.2. The van der Waals surface area contributed by atoms with Gasteiger partial charge in [0.1, 0.15) is 0 Å². The van der Waals surface area contributed by atoms with Crippen LogP contribution in [-0.4, -0.2) is 16.8 Å². The zero-order valence-corrected chi connectivity index (χ0v) is 13.2. The average Bonchev–Trinajstić information content (AvgIpc) is 3.18. The number of hydrogen-bond donors (Lipinski definition) is 3. The Balaban J connectivity index is 1.55. The first-order chi connectivity index (χ1) is 11.1. The van der Waals surface area contributed by atoms with E-state index < -0.39 is 0 Å². The molecule has 0 fully saturated rings. The summed E-state index contributed by atoms with van der Waals surface area (Å²) in [4.78, 5) is 15.6. The van der Waals surface area contributed by atoms with Gasteiger partial charge in [-0.25, -0.2) is 0 Å². The number of carbonyl (C=O) groups excluding carboxylic acids is 1. The van der Waals surface area contributed by atoms with Crippen molar-refractivity contribution in [3.63, 3.8) is 0 Å². The molecule has 23 heavy (non-hydrogen) atoms. The van der Waals surface area contributed by atoms with Crippen molar-refractivity contribution in [2.24, 2.45) is 0 Å². The van der Waals surface area contributed by atoms with E-state index in [-0.39, 0.29) is 11.8 Å². The van der Waals surface area contributed by atoms with Gasteiger partial charge in [-0.2, -0.15) is 0 Å². The van der Waals surface area contributed by atoms with Gasteiger partial charge in [0, 0.05) is 35.3 Å². The van der Waals surface area contributed by atoms with Crippen molar-refractivity contribution in [2.45, 2.75) is 26.3 Å². The Bertz CT molecular complexity index is 832. The van der Waals surface area contributed by atoms with Gasteiger partial charge >= 0.3 is 0 Å². The van der Waals surface area contributed by atoms with Crippen LogP contribution in [-0.2, 0) is 11.2 Å². The van der Waals surface area contributed by atoms with Crippen molar-refractivity contribution in [3.8, 4) is 0 Å². The lowest BCUT2D eigenvalue weighted by Gasteiger charge is -2.13. The lowest BCUT2D eigenvalue weighted by molar-refractivity contribution is -0.111. The third kappa shape index (κ3) is 2.46. The quantitative estimate of drug-likeness (QED) is 0.747. The van der Waals surface area contributed by atoms with Crippen LogP contribution in [0.4, 0.5) is 5.69 Å². The Labute approximate surface area is 135 Å². The predicted octanol–water partition coefficient (Wildman–Crippen LogP) is 3.07. The van der Waals surface area contributed by atoms with Crippen LogP contribution in [0.1, 0.15) is 22.5 Å². The van der Waals surface area contributed by atoms with E-state index in [9.17, 15) is 4.79 Å². The molecule has 0 bridgehead atoms. The highest BCUT2D eigenvalue weighted by Crippen LogP contribution is 2.29. The molecule has 4 rings (SSSR count). The standard InChI is InChI=1S/C19H19N3O/c1-11-7-12(2)20-15(11)9-18-19(23)10-17(22-18)16-8-13-5-3-4-6-14(13)21-16/h3-7,9-10,16,20-22H,8H2,1-2H3/b18-9-. The van der Waals surface area contributed by atoms with Gasteiger partial charge in [-0.15, -0.1) is 0 Å². The van der Waals surface area contributed by atoms with Crippen molar-refractivity contribution >= 4 is 17.5 Å². The third-order valence-electron chi connectivity index (χ3n) is 4.46. The maximum absolute atomic E-state index is 12.3. The maximum atomic E-state index is 12.3. The van der Waals surface area contributed by atoms with Gasteiger partial charge in [0.05, 0.1) is 11.7 Å². The summed E-state index contributed by atoms with van der Waals surface area (Å²) in [6, 6.07) is 10.5. The molecule has 4 nitrogen and oxygen atoms in total. The Morgan fingerprint density at radius 1 is 1.22 bits per heavy atom. The van der Waals surface area contributed by atoms with Crippen LogP contribution in [0.5, 0.6) is 0 Å². The average molecular weight is 305 g/mol. The summed E-state index contributed by atoms with van der Waals surface area (Å²) in [6.07, 6.45) is 4.51. The SMILES string of the molecule is Cc1cc(C)c(/C=C2\NC(C3Cc4ccccc4N3)=CC2=O)[nH]1. The number of para-hydroxylation sites is 1. The van der Waals surface area contributed by atoms with Crippen molar-refractivity contribution in [2.75, 3.05) is 5.32 Å². The van der Waals surface area contributed by atoms with Gasteiger partial charge in [-0.05, 0) is 43.2 Å². The van der Waals surface area contributed by atoms with E-state index in [4.69, 9.17) is 0 Å². The minimum Gasteiger partial charge on any atom is -0.376 e. The summed E-state index contributed by atoms with van der Waals surface area (Å²) < 4.78 is 0. The normalized spacial score (nSPS) is 21.1. The smallest absolute Gasteiger partial charge is 0.203 e. The molecule has 2 aliphatic rings. The number of H-pyrrole nitrogens is 1. The number of anilines is 1. The fourth-order valence-corrected chi connectivity index (χ4v) is 3.30. The second-order valence-corrected chi connectivity index (χ2v) is 6.25. The fourth-order valence-electron chi connectivity index (χ4n) is 3.30. The predicted molar refractivity (Wildman–Crippen MR) is 92.0 cm³/mol. The molecule has 116 valence electrons. The Hall–Kier alpha value is -2.75. The van der Waals surface area contributed by atoms with Gasteiger partial charge in [-0.1, -0.05) is 18.2 Å². The van der Waals surface area contributed by atoms with Crippen molar-refractivity contribution in [1.82, 2.24) is 10.3 Å². The first-order valence-electron chi connectivity index (χ1n) is 7.85. The van der Waals surface area contributed by atoms with E-state index in [1.54, 1.807) is 6.08 Å². The van der Waals surface area contributed by atoms with Crippen molar-refractivity contribution in [1.29, 1.82) is 0 Å². The first kappa shape index (κ1) is 13.9. The van der Waals surface area contributed by atoms with Gasteiger partial charge < -0.3 is 15.6 Å². The number of aryl methyl sites for hydroxylation is 2. The summed E-state index contributed by atoms with van der Waals surface area (Å²) in [5.74, 6) is 0.0319. The fraction of sp³-hybridized carbons (Fsp3) is 0.211. The number of aromatic nitrogens is 1. The number of ketones is 1. The molecule has 0 saturated carbocycles. The van der Waals surface area contributed by atoms with Crippen LogP contribution < -0.4 is 10.6 Å². The zero-order chi connectivity index (χ0) is 16.0. The van der Waals surface area contributed by atoms with E-state index in [2.05, 4.69) is 33.8 Å². The van der Waals surface area contributed by atoms with Gasteiger partial charge in [0.25, 0.3) is 0 Å². The Morgan fingerprint density at radius 3 is 2.78 bits per heavy atom. The van der Waals surface area contributed by atoms with Crippen LogP contribution >= 0.6 is 0 Å². The van der Waals surface area contributed by atoms with Crippen molar-refractivity contribution in [3.05, 3.63) is 70.3 Å². The summed E-state index contributed by atoms with van der Waals surface area (Å²) in [5, 5.41) is 6.77. The van der Waals surface area contributed by atoms with Crippen molar-refractivity contribution < 1.29 is 4.79 Å². The number of rotatable bonds is 2. The lowest BCUT2D eigenvalue weighted by atomic mass is 10.1. The molecule has 1 aromatic heterocycles. The molecule has 2 aliphatic heterocycles. The topological polar surface area (TPSA) is 56.9 Å². The van der Waals surface area contributed by atoms with Crippen LogP contribution in [0.3, 0.4) is 0 Å². The number of carbonyl (C=O) groups is 1. The highest BCUT2D eigenvalue weighted by Gasteiger charge is 2.29. The van der Waals surface area contributed by atoms with Gasteiger partial charge in [-0.3, -0.25) is 4.79 Å². The van der Waals surface area contributed by atoms with Crippen LogP contribution in [0.25, 0.3) is 6.08 Å². The molecule has 1 unspecified atom stereocenters. The minimum atomic E-state index is 0.0319. The molecule has 0 saturated heterocycles. The Kier molecular flexibility index (Phi) is 3.11. The lowest BCUT2D eigenvalue weighted by Crippen LogP contribution is -2.25. The van der Waals surface area contributed by atoms with Crippen LogP contribution in [0, 0.1) is 13.8 Å². The highest BCUT2D eigenvalue weighted by molar-refractivity contribution is 6.09. The molecular weight excluding hydrogens is 286 g/mol. The van der Waals surface area contributed by atoms with E-state index in [0.29, 0.717) is 5.70 Å². The largest absolute Gasteiger partial charge is 0.376 e. The molecule has 3 heterocycles. The summed E-state index contributed by atoms with van der Waals surface area (Å²) in [5.41, 5.74) is 7.24. The molecular formula is C19H19N3O. The summed E-state index contributed by atoms with van der Waals surface area (Å²) in [7, 11) is 0. The Morgan fingerprint density at radius 2 is 2.04 bits per heavy atom. The van der Waals surface area contributed by atoms with E-state index in [1.165, 1.54) is 5.56 Å². The number of fused-ring (bicyclic) bond motifs is 1.